The highest BCUT2D eigenvalue weighted by Gasteiger charge is 2.05. The number of aromatic nitrogens is 1. The highest BCUT2D eigenvalue weighted by Crippen LogP contribution is 2.25. The first kappa shape index (κ1) is 17.0. The summed E-state index contributed by atoms with van der Waals surface area (Å²) in [5.41, 5.74) is 2.16. The van der Waals surface area contributed by atoms with E-state index in [0.29, 0.717) is 0 Å². The van der Waals surface area contributed by atoms with E-state index in [1.54, 1.807) is 18.4 Å². The topological polar surface area (TPSA) is 34.2 Å². The standard InChI is InChI=1S/C18H26N2OS/c1-3-4-5-6-11-19-12-10-18-20-17(14-22-18)15-8-7-9-16(13-15)21-2/h7-9,13-14,19H,3-6,10-12H2,1-2H3. The fourth-order valence-electron chi connectivity index (χ4n) is 2.34. The van der Waals surface area contributed by atoms with E-state index in [-0.39, 0.29) is 0 Å². The Morgan fingerprint density at radius 1 is 1.18 bits per heavy atom. The molecule has 4 heteroatoms. The predicted molar refractivity (Wildman–Crippen MR) is 94.8 cm³/mol. The molecule has 1 heterocycles. The van der Waals surface area contributed by atoms with Gasteiger partial charge in [-0.15, -0.1) is 11.3 Å². The molecule has 22 heavy (non-hydrogen) atoms. The van der Waals surface area contributed by atoms with Crippen LogP contribution in [0, 0.1) is 0 Å². The second-order valence-electron chi connectivity index (χ2n) is 5.42. The largest absolute Gasteiger partial charge is 0.497 e. The van der Waals surface area contributed by atoms with Crippen molar-refractivity contribution >= 4 is 11.3 Å². The van der Waals surface area contributed by atoms with Crippen LogP contribution in [0.3, 0.4) is 0 Å². The van der Waals surface area contributed by atoms with Crippen LogP contribution >= 0.6 is 11.3 Å². The third kappa shape index (κ3) is 5.43. The van der Waals surface area contributed by atoms with E-state index in [4.69, 9.17) is 9.72 Å². The van der Waals surface area contributed by atoms with Crippen molar-refractivity contribution in [1.29, 1.82) is 0 Å². The van der Waals surface area contributed by atoms with Gasteiger partial charge in [0.05, 0.1) is 17.8 Å². The molecule has 0 saturated heterocycles. The van der Waals surface area contributed by atoms with Gasteiger partial charge in [-0.25, -0.2) is 4.98 Å². The summed E-state index contributed by atoms with van der Waals surface area (Å²) in [6, 6.07) is 8.07. The molecule has 0 amide bonds. The lowest BCUT2D eigenvalue weighted by atomic mass is 10.2. The van der Waals surface area contributed by atoms with Crippen molar-refractivity contribution in [2.75, 3.05) is 20.2 Å². The average molecular weight is 318 g/mol. The van der Waals surface area contributed by atoms with Crippen LogP contribution in [0.15, 0.2) is 29.6 Å². The van der Waals surface area contributed by atoms with Crippen LogP contribution < -0.4 is 10.1 Å². The van der Waals surface area contributed by atoms with Crippen LogP contribution in [0.5, 0.6) is 5.75 Å². The summed E-state index contributed by atoms with van der Waals surface area (Å²) in [5, 5.41) is 6.83. The van der Waals surface area contributed by atoms with Crippen molar-refractivity contribution in [3.63, 3.8) is 0 Å². The Morgan fingerprint density at radius 2 is 2.09 bits per heavy atom. The summed E-state index contributed by atoms with van der Waals surface area (Å²) >= 11 is 1.74. The Bertz CT molecular complexity index is 554. The number of nitrogens with one attached hydrogen (secondary N) is 1. The maximum atomic E-state index is 5.27. The molecule has 1 aromatic heterocycles. The Kier molecular flexibility index (Phi) is 7.40. The van der Waals surface area contributed by atoms with Gasteiger partial charge in [-0.3, -0.25) is 0 Å². The molecule has 0 spiro atoms. The molecular formula is C18H26N2OS. The number of benzene rings is 1. The molecule has 0 radical (unpaired) electrons. The molecule has 2 aromatic rings. The molecule has 1 aromatic carbocycles. The molecule has 0 fully saturated rings. The van der Waals surface area contributed by atoms with Gasteiger partial charge in [0.25, 0.3) is 0 Å². The second kappa shape index (κ2) is 9.59. The number of hydrogen-bond acceptors (Lipinski definition) is 4. The van der Waals surface area contributed by atoms with E-state index in [0.717, 1.165) is 36.5 Å². The zero-order valence-electron chi connectivity index (χ0n) is 13.6. The van der Waals surface area contributed by atoms with Gasteiger partial charge in [-0.1, -0.05) is 38.3 Å². The minimum atomic E-state index is 0.876. The van der Waals surface area contributed by atoms with Crippen molar-refractivity contribution in [2.45, 2.75) is 39.0 Å². The minimum absolute atomic E-state index is 0.876. The van der Waals surface area contributed by atoms with E-state index in [1.165, 1.54) is 30.7 Å². The highest BCUT2D eigenvalue weighted by atomic mass is 32.1. The fraction of sp³-hybridized carbons (Fsp3) is 0.500. The summed E-state index contributed by atoms with van der Waals surface area (Å²) in [6.07, 6.45) is 6.26. The van der Waals surface area contributed by atoms with Crippen LogP contribution in [0.25, 0.3) is 11.3 Å². The van der Waals surface area contributed by atoms with E-state index in [1.807, 2.05) is 18.2 Å². The fourth-order valence-corrected chi connectivity index (χ4v) is 3.15. The van der Waals surface area contributed by atoms with E-state index >= 15 is 0 Å². The van der Waals surface area contributed by atoms with Crippen molar-refractivity contribution in [3.05, 3.63) is 34.7 Å². The van der Waals surface area contributed by atoms with Gasteiger partial charge < -0.3 is 10.1 Å². The predicted octanol–water partition coefficient (Wildman–Crippen LogP) is 4.53. The van der Waals surface area contributed by atoms with Gasteiger partial charge in [-0.05, 0) is 25.1 Å². The van der Waals surface area contributed by atoms with Crippen molar-refractivity contribution < 1.29 is 4.74 Å². The third-order valence-corrected chi connectivity index (χ3v) is 4.55. The zero-order chi connectivity index (χ0) is 15.6. The number of nitrogens with zero attached hydrogens (tertiary/aromatic N) is 1. The molecule has 0 unspecified atom stereocenters. The van der Waals surface area contributed by atoms with E-state index in [2.05, 4.69) is 23.7 Å². The first-order valence-corrected chi connectivity index (χ1v) is 9.01. The molecule has 0 aliphatic heterocycles. The van der Waals surface area contributed by atoms with E-state index < -0.39 is 0 Å². The quantitative estimate of drug-likeness (QED) is 0.653. The minimum Gasteiger partial charge on any atom is -0.497 e. The highest BCUT2D eigenvalue weighted by molar-refractivity contribution is 7.09. The van der Waals surface area contributed by atoms with Gasteiger partial charge in [0.2, 0.25) is 0 Å². The first-order chi connectivity index (χ1) is 10.8. The van der Waals surface area contributed by atoms with Crippen molar-refractivity contribution in [2.24, 2.45) is 0 Å². The molecule has 120 valence electrons. The lowest BCUT2D eigenvalue weighted by Gasteiger charge is -2.03. The summed E-state index contributed by atoms with van der Waals surface area (Å²) in [5.74, 6) is 0.876. The zero-order valence-corrected chi connectivity index (χ0v) is 14.4. The molecule has 0 aliphatic rings. The van der Waals surface area contributed by atoms with Crippen LogP contribution in [0.2, 0.25) is 0 Å². The summed E-state index contributed by atoms with van der Waals surface area (Å²) in [4.78, 5) is 4.73. The molecule has 0 atom stereocenters. The SMILES string of the molecule is CCCCCCNCCc1nc(-c2cccc(OC)c2)cs1. The molecule has 0 bridgehead atoms. The number of unbranched alkanes of at least 4 members (excludes halogenated alkanes) is 3. The first-order valence-electron chi connectivity index (χ1n) is 8.13. The van der Waals surface area contributed by atoms with Crippen molar-refractivity contribution in [1.82, 2.24) is 10.3 Å². The molecule has 0 saturated carbocycles. The van der Waals surface area contributed by atoms with Crippen LogP contribution in [-0.2, 0) is 6.42 Å². The molecule has 1 N–H and O–H groups in total. The molecule has 2 rings (SSSR count). The summed E-state index contributed by atoms with van der Waals surface area (Å²) in [7, 11) is 1.69. The number of rotatable bonds is 10. The van der Waals surface area contributed by atoms with Gasteiger partial charge >= 0.3 is 0 Å². The van der Waals surface area contributed by atoms with Gasteiger partial charge in [-0.2, -0.15) is 0 Å². The maximum absolute atomic E-state index is 5.27. The van der Waals surface area contributed by atoms with Crippen LogP contribution in [0.1, 0.15) is 37.6 Å². The molecule has 3 nitrogen and oxygen atoms in total. The number of hydrogen-bond donors (Lipinski definition) is 1. The van der Waals surface area contributed by atoms with E-state index in [9.17, 15) is 0 Å². The number of thiazole rings is 1. The Balaban J connectivity index is 1.76. The van der Waals surface area contributed by atoms with Gasteiger partial charge in [0, 0.05) is 23.9 Å². The monoisotopic (exact) mass is 318 g/mol. The Morgan fingerprint density at radius 3 is 2.91 bits per heavy atom. The number of methoxy groups -OCH3 is 1. The normalized spacial score (nSPS) is 10.8. The van der Waals surface area contributed by atoms with Gasteiger partial charge in [0.15, 0.2) is 0 Å². The lowest BCUT2D eigenvalue weighted by molar-refractivity contribution is 0.415. The lowest BCUT2D eigenvalue weighted by Crippen LogP contribution is -2.18. The van der Waals surface area contributed by atoms with Crippen LogP contribution in [-0.4, -0.2) is 25.2 Å². The number of ether oxygens (including phenoxy) is 1. The van der Waals surface area contributed by atoms with Crippen molar-refractivity contribution in [3.8, 4) is 17.0 Å². The summed E-state index contributed by atoms with van der Waals surface area (Å²) < 4.78 is 5.27. The molecule has 0 aliphatic carbocycles. The summed E-state index contributed by atoms with van der Waals surface area (Å²) in [6.45, 7) is 4.38. The smallest absolute Gasteiger partial charge is 0.119 e. The Labute approximate surface area is 137 Å². The van der Waals surface area contributed by atoms with Crippen LogP contribution in [0.4, 0.5) is 0 Å². The maximum Gasteiger partial charge on any atom is 0.119 e. The molecular weight excluding hydrogens is 292 g/mol. The van der Waals surface area contributed by atoms with Gasteiger partial charge in [0.1, 0.15) is 5.75 Å². The Hall–Kier alpha value is -1.39. The average Bonchev–Trinajstić information content (AvgIpc) is 3.03. The second-order valence-corrected chi connectivity index (χ2v) is 6.36. The third-order valence-electron chi connectivity index (χ3n) is 3.64.